The van der Waals surface area contributed by atoms with Crippen LogP contribution in [0.3, 0.4) is 0 Å². The molecule has 1 atom stereocenters. The van der Waals surface area contributed by atoms with Gasteiger partial charge in [0.1, 0.15) is 0 Å². The van der Waals surface area contributed by atoms with E-state index < -0.39 is 0 Å². The highest BCUT2D eigenvalue weighted by Crippen LogP contribution is 2.12. The van der Waals surface area contributed by atoms with E-state index in [-0.39, 0.29) is 5.91 Å². The van der Waals surface area contributed by atoms with Gasteiger partial charge in [0.15, 0.2) is 0 Å². The van der Waals surface area contributed by atoms with Crippen molar-refractivity contribution in [3.8, 4) is 0 Å². The van der Waals surface area contributed by atoms with Gasteiger partial charge < -0.3 is 5.32 Å². The lowest BCUT2D eigenvalue weighted by molar-refractivity contribution is -0.123. The van der Waals surface area contributed by atoms with Crippen molar-refractivity contribution >= 4 is 5.91 Å². The zero-order valence-corrected chi connectivity index (χ0v) is 14.8. The Morgan fingerprint density at radius 1 is 1.16 bits per heavy atom. The number of carbonyl (C=O) groups excluding carboxylic acids is 1. The van der Waals surface area contributed by atoms with Crippen molar-refractivity contribution in [3.63, 3.8) is 0 Å². The molecule has 1 aliphatic heterocycles. The number of aromatic nitrogens is 1. The number of amides is 1. The lowest BCUT2D eigenvalue weighted by Crippen LogP contribution is -2.53. The molecule has 25 heavy (non-hydrogen) atoms. The highest BCUT2D eigenvalue weighted by Gasteiger charge is 2.25. The van der Waals surface area contributed by atoms with E-state index in [1.165, 1.54) is 5.56 Å². The summed E-state index contributed by atoms with van der Waals surface area (Å²) >= 11 is 0. The van der Waals surface area contributed by atoms with Gasteiger partial charge in [-0.05, 0) is 24.6 Å². The molecule has 0 saturated carbocycles. The lowest BCUT2D eigenvalue weighted by atomic mass is 10.1. The SMILES string of the molecule is C[C@@H]1CN(Cc2ccccc2)CCN1CC(=O)NCc1ccccn1. The zero-order chi connectivity index (χ0) is 17.5. The molecule has 2 aromatic rings. The summed E-state index contributed by atoms with van der Waals surface area (Å²) < 4.78 is 0. The van der Waals surface area contributed by atoms with Crippen molar-refractivity contribution in [3.05, 3.63) is 66.0 Å². The van der Waals surface area contributed by atoms with Crippen LogP contribution >= 0.6 is 0 Å². The average molecular weight is 338 g/mol. The fourth-order valence-corrected chi connectivity index (χ4v) is 3.22. The van der Waals surface area contributed by atoms with Crippen LogP contribution in [0.25, 0.3) is 0 Å². The van der Waals surface area contributed by atoms with Gasteiger partial charge in [-0.25, -0.2) is 0 Å². The quantitative estimate of drug-likeness (QED) is 0.874. The molecular weight excluding hydrogens is 312 g/mol. The standard InChI is InChI=1S/C20H26N4O/c1-17-14-23(15-18-7-3-2-4-8-18)11-12-24(17)16-20(25)22-13-19-9-5-6-10-21-19/h2-10,17H,11-16H2,1H3,(H,22,25)/t17-/m1/s1. The second-order valence-corrected chi connectivity index (χ2v) is 6.64. The number of nitrogens with zero attached hydrogens (tertiary/aromatic N) is 3. The van der Waals surface area contributed by atoms with Gasteiger partial charge in [0.05, 0.1) is 18.8 Å². The summed E-state index contributed by atoms with van der Waals surface area (Å²) in [6, 6.07) is 16.7. The fourth-order valence-electron chi connectivity index (χ4n) is 3.22. The summed E-state index contributed by atoms with van der Waals surface area (Å²) in [5, 5.41) is 2.96. The molecule has 1 N–H and O–H groups in total. The molecule has 0 radical (unpaired) electrons. The van der Waals surface area contributed by atoms with E-state index in [4.69, 9.17) is 0 Å². The van der Waals surface area contributed by atoms with Crippen molar-refractivity contribution in [2.75, 3.05) is 26.2 Å². The van der Waals surface area contributed by atoms with Gasteiger partial charge in [0.2, 0.25) is 5.91 Å². The summed E-state index contributed by atoms with van der Waals surface area (Å²) in [5.41, 5.74) is 2.23. The molecule has 1 saturated heterocycles. The van der Waals surface area contributed by atoms with E-state index in [2.05, 4.69) is 51.3 Å². The second kappa shape index (κ2) is 8.74. The Hall–Kier alpha value is -2.24. The maximum atomic E-state index is 12.2. The molecule has 1 aromatic carbocycles. The molecular formula is C20H26N4O. The number of hydrogen-bond donors (Lipinski definition) is 1. The van der Waals surface area contributed by atoms with Crippen LogP contribution in [0.1, 0.15) is 18.2 Å². The van der Waals surface area contributed by atoms with E-state index in [9.17, 15) is 4.79 Å². The third-order valence-corrected chi connectivity index (χ3v) is 4.64. The first-order chi connectivity index (χ1) is 12.2. The van der Waals surface area contributed by atoms with Crippen LogP contribution in [-0.4, -0.2) is 52.9 Å². The molecule has 2 heterocycles. The highest BCUT2D eigenvalue weighted by molar-refractivity contribution is 5.78. The van der Waals surface area contributed by atoms with Gasteiger partial charge in [-0.2, -0.15) is 0 Å². The molecule has 0 aliphatic carbocycles. The first-order valence-corrected chi connectivity index (χ1v) is 8.87. The van der Waals surface area contributed by atoms with Crippen molar-refractivity contribution < 1.29 is 4.79 Å². The van der Waals surface area contributed by atoms with E-state index in [1.807, 2.05) is 24.3 Å². The van der Waals surface area contributed by atoms with E-state index >= 15 is 0 Å². The van der Waals surface area contributed by atoms with Crippen molar-refractivity contribution in [2.45, 2.75) is 26.1 Å². The summed E-state index contributed by atoms with van der Waals surface area (Å²) in [7, 11) is 0. The first kappa shape index (κ1) is 17.6. The van der Waals surface area contributed by atoms with Gasteiger partial charge in [-0.1, -0.05) is 36.4 Å². The van der Waals surface area contributed by atoms with Gasteiger partial charge in [-0.3, -0.25) is 19.6 Å². The number of nitrogens with one attached hydrogen (secondary N) is 1. The Kier molecular flexibility index (Phi) is 6.14. The highest BCUT2D eigenvalue weighted by atomic mass is 16.2. The molecule has 1 fully saturated rings. The predicted molar refractivity (Wildman–Crippen MR) is 98.8 cm³/mol. The molecule has 5 heteroatoms. The summed E-state index contributed by atoms with van der Waals surface area (Å²) in [6.45, 7) is 7.02. The largest absolute Gasteiger partial charge is 0.349 e. The number of benzene rings is 1. The van der Waals surface area contributed by atoms with E-state index in [0.717, 1.165) is 31.9 Å². The molecule has 132 valence electrons. The monoisotopic (exact) mass is 338 g/mol. The summed E-state index contributed by atoms with van der Waals surface area (Å²) in [5.74, 6) is 0.0639. The number of piperazine rings is 1. The molecule has 1 aliphatic rings. The fraction of sp³-hybridized carbons (Fsp3) is 0.400. The molecule has 0 unspecified atom stereocenters. The zero-order valence-electron chi connectivity index (χ0n) is 14.8. The number of pyridine rings is 1. The van der Waals surface area contributed by atoms with Gasteiger partial charge in [0.25, 0.3) is 0 Å². The Labute approximate surface area is 149 Å². The van der Waals surface area contributed by atoms with E-state index in [0.29, 0.717) is 19.1 Å². The van der Waals surface area contributed by atoms with Crippen molar-refractivity contribution in [1.82, 2.24) is 20.1 Å². The Morgan fingerprint density at radius 3 is 2.68 bits per heavy atom. The van der Waals surface area contributed by atoms with E-state index in [1.54, 1.807) is 6.20 Å². The van der Waals surface area contributed by atoms with Crippen LogP contribution in [0, 0.1) is 0 Å². The normalized spacial score (nSPS) is 18.8. The van der Waals surface area contributed by atoms with Crippen LogP contribution in [0.5, 0.6) is 0 Å². The number of carbonyl (C=O) groups is 1. The molecule has 3 rings (SSSR count). The Balaban J connectivity index is 1.43. The number of rotatable bonds is 6. The van der Waals surface area contributed by atoms with Crippen molar-refractivity contribution in [1.29, 1.82) is 0 Å². The van der Waals surface area contributed by atoms with Crippen LogP contribution in [0.2, 0.25) is 0 Å². The first-order valence-electron chi connectivity index (χ1n) is 8.87. The number of hydrogen-bond acceptors (Lipinski definition) is 4. The summed E-state index contributed by atoms with van der Waals surface area (Å²) in [6.07, 6.45) is 1.75. The molecule has 1 aromatic heterocycles. The minimum absolute atomic E-state index is 0.0639. The lowest BCUT2D eigenvalue weighted by Gasteiger charge is -2.39. The second-order valence-electron chi connectivity index (χ2n) is 6.64. The maximum Gasteiger partial charge on any atom is 0.234 e. The minimum Gasteiger partial charge on any atom is -0.349 e. The van der Waals surface area contributed by atoms with Crippen LogP contribution in [0.15, 0.2) is 54.7 Å². The third-order valence-electron chi connectivity index (χ3n) is 4.64. The average Bonchev–Trinajstić information content (AvgIpc) is 2.64. The maximum absolute atomic E-state index is 12.2. The van der Waals surface area contributed by atoms with Crippen LogP contribution < -0.4 is 5.32 Å². The van der Waals surface area contributed by atoms with Gasteiger partial charge in [-0.15, -0.1) is 0 Å². The predicted octanol–water partition coefficient (Wildman–Crippen LogP) is 1.90. The molecule has 1 amide bonds. The molecule has 0 bridgehead atoms. The van der Waals surface area contributed by atoms with Crippen LogP contribution in [0.4, 0.5) is 0 Å². The topological polar surface area (TPSA) is 48.5 Å². The Morgan fingerprint density at radius 2 is 1.96 bits per heavy atom. The minimum atomic E-state index is 0.0639. The molecule has 5 nitrogen and oxygen atoms in total. The summed E-state index contributed by atoms with van der Waals surface area (Å²) in [4.78, 5) is 21.2. The smallest absolute Gasteiger partial charge is 0.234 e. The van der Waals surface area contributed by atoms with Crippen LogP contribution in [-0.2, 0) is 17.9 Å². The molecule has 0 spiro atoms. The van der Waals surface area contributed by atoms with Gasteiger partial charge in [0, 0.05) is 38.4 Å². The Bertz CT molecular complexity index is 662. The van der Waals surface area contributed by atoms with Crippen molar-refractivity contribution in [2.24, 2.45) is 0 Å². The van der Waals surface area contributed by atoms with Gasteiger partial charge >= 0.3 is 0 Å². The third kappa shape index (κ3) is 5.37.